The van der Waals surface area contributed by atoms with Crippen LogP contribution in [0.4, 0.5) is 0 Å². The number of rotatable bonds is 7. The van der Waals surface area contributed by atoms with Crippen molar-refractivity contribution >= 4 is 14.1 Å². The van der Waals surface area contributed by atoms with Crippen molar-refractivity contribution in [3.63, 3.8) is 0 Å². The summed E-state index contributed by atoms with van der Waals surface area (Å²) in [5, 5.41) is 0.459. The van der Waals surface area contributed by atoms with E-state index in [1.165, 1.54) is 0 Å². The van der Waals surface area contributed by atoms with Crippen molar-refractivity contribution < 1.29 is 14.3 Å². The van der Waals surface area contributed by atoms with Gasteiger partial charge in [0, 0.05) is 5.80 Å². The summed E-state index contributed by atoms with van der Waals surface area (Å²) < 4.78 is 10.7. The van der Waals surface area contributed by atoms with Gasteiger partial charge in [0.15, 0.2) is 11.5 Å². The molecule has 0 fully saturated rings. The van der Waals surface area contributed by atoms with E-state index in [4.69, 9.17) is 15.2 Å². The lowest BCUT2D eigenvalue weighted by Crippen LogP contribution is -2.10. The largest absolute Gasteiger partial charge is 0.485 e. The number of hydrogen-bond donors (Lipinski definition) is 1. The number of carbonyl (C=O) groups is 1. The summed E-state index contributed by atoms with van der Waals surface area (Å²) in [6.45, 7) is 7.76. The van der Waals surface area contributed by atoms with E-state index in [2.05, 4.69) is 13.2 Å². The van der Waals surface area contributed by atoms with Gasteiger partial charge in [0.25, 0.3) is 5.91 Å². The smallest absolute Gasteiger partial charge is 0.256 e. The zero-order valence-electron chi connectivity index (χ0n) is 8.86. The second-order valence-electron chi connectivity index (χ2n) is 2.92. The van der Waals surface area contributed by atoms with Crippen molar-refractivity contribution in [3.05, 3.63) is 36.4 Å². The molecule has 86 valence electrons. The van der Waals surface area contributed by atoms with Gasteiger partial charge < -0.3 is 15.2 Å². The first kappa shape index (κ1) is 12.4. The SMILES string of the molecule is C=CCOc1c[pH]c(C(N)=O)c1OCC=C. The molecule has 5 heteroatoms. The van der Waals surface area contributed by atoms with E-state index in [1.54, 1.807) is 18.0 Å². The van der Waals surface area contributed by atoms with Crippen LogP contribution in [0, 0.1) is 0 Å². The Labute approximate surface area is 95.8 Å². The van der Waals surface area contributed by atoms with Crippen LogP contribution in [-0.2, 0) is 0 Å². The van der Waals surface area contributed by atoms with Crippen LogP contribution in [0.1, 0.15) is 10.1 Å². The number of nitrogens with two attached hydrogens (primary N) is 1. The fourth-order valence-electron chi connectivity index (χ4n) is 1.12. The zero-order chi connectivity index (χ0) is 12.0. The molecule has 1 unspecified atom stereocenters. The van der Waals surface area contributed by atoms with Crippen LogP contribution < -0.4 is 15.2 Å². The Kier molecular flexibility index (Phi) is 4.67. The fraction of sp³-hybridized carbons (Fsp3) is 0.182. The van der Waals surface area contributed by atoms with E-state index < -0.39 is 5.91 Å². The molecule has 0 aromatic carbocycles. The summed E-state index contributed by atoms with van der Waals surface area (Å²) >= 11 is 0. The molecule has 1 heterocycles. The number of carbonyl (C=O) groups excluding carboxylic acids is 1. The molecule has 1 atom stereocenters. The first-order valence-corrected chi connectivity index (χ1v) is 5.77. The third-order valence-corrected chi connectivity index (χ3v) is 2.92. The van der Waals surface area contributed by atoms with Gasteiger partial charge in [0.2, 0.25) is 0 Å². The van der Waals surface area contributed by atoms with Gasteiger partial charge in [-0.3, -0.25) is 4.79 Å². The van der Waals surface area contributed by atoms with E-state index in [9.17, 15) is 4.79 Å². The molecule has 0 radical (unpaired) electrons. The van der Waals surface area contributed by atoms with Crippen LogP contribution in [0.15, 0.2) is 31.1 Å². The molecule has 1 aromatic rings. The molecule has 0 aliphatic heterocycles. The molecule has 0 aliphatic rings. The topological polar surface area (TPSA) is 61.5 Å². The van der Waals surface area contributed by atoms with Gasteiger partial charge in [0.05, 0.1) is 0 Å². The zero-order valence-corrected chi connectivity index (χ0v) is 9.86. The molecule has 4 nitrogen and oxygen atoms in total. The molecule has 0 bridgehead atoms. The standard InChI is InChI=1S/C11H14NO3P/c1-3-5-14-8-7-16-10(11(12)13)9(8)15-6-4-2/h3-4,7,16H,1-2,5-6H2,(H2,12,13). The average molecular weight is 239 g/mol. The van der Waals surface area contributed by atoms with Gasteiger partial charge in [-0.2, -0.15) is 0 Å². The Morgan fingerprint density at radius 2 is 2.00 bits per heavy atom. The van der Waals surface area contributed by atoms with Crippen molar-refractivity contribution in [1.29, 1.82) is 0 Å². The lowest BCUT2D eigenvalue weighted by atomic mass is 10.4. The summed E-state index contributed by atoms with van der Waals surface area (Å²) in [6.07, 6.45) is 3.22. The van der Waals surface area contributed by atoms with Crippen molar-refractivity contribution in [2.45, 2.75) is 0 Å². The van der Waals surface area contributed by atoms with Gasteiger partial charge in [-0.05, 0) is 0 Å². The first-order chi connectivity index (χ1) is 7.70. The quantitative estimate of drug-likeness (QED) is 0.740. The lowest BCUT2D eigenvalue weighted by Gasteiger charge is -2.07. The Bertz CT molecular complexity index is 398. The summed E-state index contributed by atoms with van der Waals surface area (Å²) in [7, 11) is 0.188. The van der Waals surface area contributed by atoms with E-state index in [0.717, 1.165) is 0 Å². The maximum Gasteiger partial charge on any atom is 0.256 e. The van der Waals surface area contributed by atoms with Gasteiger partial charge in [-0.1, -0.05) is 25.3 Å². The first-order valence-electron chi connectivity index (χ1n) is 4.69. The van der Waals surface area contributed by atoms with Crippen LogP contribution in [-0.4, -0.2) is 19.1 Å². The molecule has 16 heavy (non-hydrogen) atoms. The summed E-state index contributed by atoms with van der Waals surface area (Å²) in [5.41, 5.74) is 5.25. The monoisotopic (exact) mass is 239 g/mol. The van der Waals surface area contributed by atoms with Crippen molar-refractivity contribution in [3.8, 4) is 11.5 Å². The molecule has 0 aliphatic carbocycles. The second-order valence-corrected chi connectivity index (χ2v) is 4.00. The second kappa shape index (κ2) is 6.03. The van der Waals surface area contributed by atoms with Gasteiger partial charge >= 0.3 is 0 Å². The Morgan fingerprint density at radius 3 is 2.56 bits per heavy atom. The predicted octanol–water partition coefficient (Wildman–Crippen LogP) is 1.95. The van der Waals surface area contributed by atoms with Crippen LogP contribution in [0.25, 0.3) is 0 Å². The van der Waals surface area contributed by atoms with Crippen LogP contribution in [0.5, 0.6) is 11.5 Å². The van der Waals surface area contributed by atoms with Crippen molar-refractivity contribution in [1.82, 2.24) is 0 Å². The number of primary amides is 1. The van der Waals surface area contributed by atoms with E-state index in [0.29, 0.717) is 30.0 Å². The van der Waals surface area contributed by atoms with Crippen molar-refractivity contribution in [2.75, 3.05) is 13.2 Å². The highest BCUT2D eigenvalue weighted by atomic mass is 31.0. The van der Waals surface area contributed by atoms with E-state index in [-0.39, 0.29) is 8.19 Å². The summed E-state index contributed by atoms with van der Waals surface area (Å²) in [5.74, 6) is 2.29. The lowest BCUT2D eigenvalue weighted by molar-refractivity contribution is 0.100. The molecule has 1 amide bonds. The van der Waals surface area contributed by atoms with E-state index in [1.807, 2.05) is 0 Å². The van der Waals surface area contributed by atoms with Crippen LogP contribution >= 0.6 is 8.19 Å². The molecule has 1 rings (SSSR count). The third-order valence-electron chi connectivity index (χ3n) is 1.75. The molecule has 2 N–H and O–H groups in total. The Balaban J connectivity index is 2.93. The normalized spacial score (nSPS) is 10.0. The highest BCUT2D eigenvalue weighted by molar-refractivity contribution is 7.32. The molecular formula is C11H14NO3P. The van der Waals surface area contributed by atoms with E-state index >= 15 is 0 Å². The predicted molar refractivity (Wildman–Crippen MR) is 65.8 cm³/mol. The van der Waals surface area contributed by atoms with Crippen LogP contribution in [0.2, 0.25) is 0 Å². The molecule has 0 saturated heterocycles. The number of ether oxygens (including phenoxy) is 2. The molecule has 0 spiro atoms. The minimum atomic E-state index is -0.481. The highest BCUT2D eigenvalue weighted by Crippen LogP contribution is 2.40. The maximum absolute atomic E-state index is 11.2. The molecular weight excluding hydrogens is 225 g/mol. The number of hydrogen-bond acceptors (Lipinski definition) is 3. The van der Waals surface area contributed by atoms with Crippen LogP contribution in [0.3, 0.4) is 0 Å². The van der Waals surface area contributed by atoms with Crippen molar-refractivity contribution in [2.24, 2.45) is 5.73 Å². The summed E-state index contributed by atoms with van der Waals surface area (Å²) in [6, 6.07) is 0. The summed E-state index contributed by atoms with van der Waals surface area (Å²) in [4.78, 5) is 11.2. The fourth-order valence-corrected chi connectivity index (χ4v) is 2.08. The van der Waals surface area contributed by atoms with Gasteiger partial charge in [-0.25, -0.2) is 0 Å². The molecule has 0 saturated carbocycles. The highest BCUT2D eigenvalue weighted by Gasteiger charge is 2.16. The maximum atomic E-state index is 11.2. The Hall–Kier alpha value is -1.67. The van der Waals surface area contributed by atoms with Gasteiger partial charge in [0.1, 0.15) is 18.5 Å². The number of amides is 1. The Morgan fingerprint density at radius 1 is 1.38 bits per heavy atom. The average Bonchev–Trinajstić information content (AvgIpc) is 2.66. The third kappa shape index (κ3) is 2.91. The van der Waals surface area contributed by atoms with Gasteiger partial charge in [-0.15, -0.1) is 8.19 Å². The minimum absolute atomic E-state index is 0.188. The minimum Gasteiger partial charge on any atom is -0.485 e. The molecule has 1 aromatic heterocycles.